The van der Waals surface area contributed by atoms with Crippen molar-refractivity contribution in [1.29, 1.82) is 0 Å². The number of aromatic nitrogens is 2. The maximum absolute atomic E-state index is 4.27. The Morgan fingerprint density at radius 2 is 1.90 bits per heavy atom. The van der Waals surface area contributed by atoms with Crippen LogP contribution in [0.5, 0.6) is 0 Å². The van der Waals surface area contributed by atoms with Crippen molar-refractivity contribution in [3.8, 4) is 0 Å². The van der Waals surface area contributed by atoms with Gasteiger partial charge < -0.3 is 10.6 Å². The van der Waals surface area contributed by atoms with Gasteiger partial charge in [0.1, 0.15) is 22.4 Å². The first kappa shape index (κ1) is 15.3. The highest BCUT2D eigenvalue weighted by Gasteiger charge is 2.08. The van der Waals surface area contributed by atoms with Crippen LogP contribution in [0.2, 0.25) is 0 Å². The molecule has 6 heteroatoms. The highest BCUT2D eigenvalue weighted by Crippen LogP contribution is 2.30. The zero-order valence-electron chi connectivity index (χ0n) is 11.4. The molecule has 2 aromatic rings. The van der Waals surface area contributed by atoms with Crippen LogP contribution in [0, 0.1) is 6.92 Å². The fraction of sp³-hybridized carbons (Fsp3) is 0.286. The molecule has 0 saturated carbocycles. The van der Waals surface area contributed by atoms with E-state index in [1.54, 1.807) is 6.33 Å². The minimum atomic E-state index is 0.745. The second-order valence-electron chi connectivity index (χ2n) is 4.40. The number of hydrogen-bond acceptors (Lipinski definition) is 4. The lowest BCUT2D eigenvalue weighted by Gasteiger charge is -2.12. The molecule has 0 aliphatic carbocycles. The summed E-state index contributed by atoms with van der Waals surface area (Å²) >= 11 is 7.07. The van der Waals surface area contributed by atoms with Crippen LogP contribution in [-0.2, 0) is 0 Å². The fourth-order valence-corrected chi connectivity index (χ4v) is 2.45. The molecule has 0 radical (unpaired) electrons. The van der Waals surface area contributed by atoms with Crippen LogP contribution >= 0.6 is 31.9 Å². The summed E-state index contributed by atoms with van der Waals surface area (Å²) in [4.78, 5) is 8.50. The molecule has 0 fully saturated rings. The van der Waals surface area contributed by atoms with Gasteiger partial charge in [0.15, 0.2) is 0 Å². The number of benzene rings is 1. The standard InChI is InChI=1S/C14H16Br2N4/c1-3-6-17-13-12(16)14(19-8-18-13)20-10-5-4-9(2)11(15)7-10/h4-5,7-8H,3,6H2,1-2H3,(H2,17,18,19,20). The van der Waals surface area contributed by atoms with Gasteiger partial charge >= 0.3 is 0 Å². The van der Waals surface area contributed by atoms with Crippen LogP contribution in [0.15, 0.2) is 33.5 Å². The molecule has 4 nitrogen and oxygen atoms in total. The molecule has 2 rings (SSSR count). The van der Waals surface area contributed by atoms with Gasteiger partial charge in [-0.05, 0) is 47.0 Å². The van der Waals surface area contributed by atoms with E-state index in [1.807, 2.05) is 12.1 Å². The molecule has 20 heavy (non-hydrogen) atoms. The molecule has 0 aliphatic rings. The molecule has 0 saturated heterocycles. The molecule has 1 heterocycles. The van der Waals surface area contributed by atoms with Crippen LogP contribution in [0.3, 0.4) is 0 Å². The summed E-state index contributed by atoms with van der Waals surface area (Å²) in [5, 5.41) is 6.55. The van der Waals surface area contributed by atoms with E-state index in [0.717, 1.165) is 39.2 Å². The molecule has 2 N–H and O–H groups in total. The SMILES string of the molecule is CCCNc1ncnc(Nc2ccc(C)c(Br)c2)c1Br. The molecule has 0 atom stereocenters. The molecule has 1 aromatic heterocycles. The van der Waals surface area contributed by atoms with Gasteiger partial charge in [-0.2, -0.15) is 0 Å². The summed E-state index contributed by atoms with van der Waals surface area (Å²) in [6, 6.07) is 6.11. The van der Waals surface area contributed by atoms with E-state index in [2.05, 4.69) is 72.4 Å². The van der Waals surface area contributed by atoms with E-state index in [-0.39, 0.29) is 0 Å². The highest BCUT2D eigenvalue weighted by atomic mass is 79.9. The Hall–Kier alpha value is -1.14. The second kappa shape index (κ2) is 7.04. The van der Waals surface area contributed by atoms with E-state index in [4.69, 9.17) is 0 Å². The number of aryl methyl sites for hydroxylation is 1. The van der Waals surface area contributed by atoms with Gasteiger partial charge in [0.2, 0.25) is 0 Å². The first-order chi connectivity index (χ1) is 9.61. The number of nitrogens with zero attached hydrogens (tertiary/aromatic N) is 2. The monoisotopic (exact) mass is 398 g/mol. The quantitative estimate of drug-likeness (QED) is 0.752. The Morgan fingerprint density at radius 1 is 1.15 bits per heavy atom. The summed E-state index contributed by atoms with van der Waals surface area (Å²) in [7, 11) is 0. The second-order valence-corrected chi connectivity index (χ2v) is 6.05. The number of halogens is 2. The van der Waals surface area contributed by atoms with Crippen LogP contribution in [-0.4, -0.2) is 16.5 Å². The zero-order chi connectivity index (χ0) is 14.5. The van der Waals surface area contributed by atoms with E-state index >= 15 is 0 Å². The van der Waals surface area contributed by atoms with Crippen molar-refractivity contribution < 1.29 is 0 Å². The molecule has 0 unspecified atom stereocenters. The number of hydrogen-bond donors (Lipinski definition) is 2. The molecule has 0 amide bonds. The lowest BCUT2D eigenvalue weighted by Crippen LogP contribution is -2.05. The van der Waals surface area contributed by atoms with E-state index in [0.29, 0.717) is 0 Å². The van der Waals surface area contributed by atoms with E-state index in [9.17, 15) is 0 Å². The minimum absolute atomic E-state index is 0.745. The average molecular weight is 400 g/mol. The average Bonchev–Trinajstić information content (AvgIpc) is 2.44. The molecule has 0 spiro atoms. The van der Waals surface area contributed by atoms with Gasteiger partial charge in [0.25, 0.3) is 0 Å². The van der Waals surface area contributed by atoms with Gasteiger partial charge in [-0.1, -0.05) is 28.9 Å². The van der Waals surface area contributed by atoms with Gasteiger partial charge in [-0.3, -0.25) is 0 Å². The van der Waals surface area contributed by atoms with E-state index < -0.39 is 0 Å². The first-order valence-electron chi connectivity index (χ1n) is 6.39. The predicted octanol–water partition coefficient (Wildman–Crippen LogP) is 4.88. The number of anilines is 3. The molecule has 0 bridgehead atoms. The number of rotatable bonds is 5. The molecule has 0 aliphatic heterocycles. The highest BCUT2D eigenvalue weighted by molar-refractivity contribution is 9.11. The van der Waals surface area contributed by atoms with Gasteiger partial charge in [-0.25, -0.2) is 9.97 Å². The third kappa shape index (κ3) is 3.70. The van der Waals surface area contributed by atoms with Crippen LogP contribution in [0.25, 0.3) is 0 Å². The Morgan fingerprint density at radius 3 is 2.60 bits per heavy atom. The van der Waals surface area contributed by atoms with E-state index in [1.165, 1.54) is 5.56 Å². The molecular weight excluding hydrogens is 384 g/mol. The first-order valence-corrected chi connectivity index (χ1v) is 7.98. The molecule has 1 aromatic carbocycles. The third-order valence-electron chi connectivity index (χ3n) is 2.77. The molecular formula is C14H16Br2N4. The summed E-state index contributed by atoms with van der Waals surface area (Å²) < 4.78 is 1.90. The van der Waals surface area contributed by atoms with Crippen LogP contribution < -0.4 is 10.6 Å². The summed E-state index contributed by atoms with van der Waals surface area (Å²) in [6.07, 6.45) is 2.60. The minimum Gasteiger partial charge on any atom is -0.369 e. The van der Waals surface area contributed by atoms with Crippen molar-refractivity contribution in [3.63, 3.8) is 0 Å². The van der Waals surface area contributed by atoms with Crippen molar-refractivity contribution in [2.45, 2.75) is 20.3 Å². The van der Waals surface area contributed by atoms with Crippen molar-refractivity contribution in [1.82, 2.24) is 9.97 Å². The van der Waals surface area contributed by atoms with Crippen molar-refractivity contribution in [2.24, 2.45) is 0 Å². The van der Waals surface area contributed by atoms with Gasteiger partial charge in [-0.15, -0.1) is 0 Å². The van der Waals surface area contributed by atoms with Gasteiger partial charge in [0, 0.05) is 16.7 Å². The number of nitrogens with one attached hydrogen (secondary N) is 2. The topological polar surface area (TPSA) is 49.8 Å². The summed E-state index contributed by atoms with van der Waals surface area (Å²) in [6.45, 7) is 5.05. The third-order valence-corrected chi connectivity index (χ3v) is 4.37. The normalized spacial score (nSPS) is 10.4. The summed E-state index contributed by atoms with van der Waals surface area (Å²) in [5.74, 6) is 1.55. The van der Waals surface area contributed by atoms with Gasteiger partial charge in [0.05, 0.1) is 0 Å². The van der Waals surface area contributed by atoms with Crippen LogP contribution in [0.1, 0.15) is 18.9 Å². The van der Waals surface area contributed by atoms with Crippen molar-refractivity contribution in [3.05, 3.63) is 39.0 Å². The predicted molar refractivity (Wildman–Crippen MR) is 90.7 cm³/mol. The van der Waals surface area contributed by atoms with Crippen LogP contribution in [0.4, 0.5) is 17.3 Å². The Balaban J connectivity index is 2.22. The smallest absolute Gasteiger partial charge is 0.150 e. The Labute approximate surface area is 135 Å². The Bertz CT molecular complexity index is 602. The fourth-order valence-electron chi connectivity index (χ4n) is 1.63. The molecule has 106 valence electrons. The largest absolute Gasteiger partial charge is 0.369 e. The Kier molecular flexibility index (Phi) is 5.37. The van der Waals surface area contributed by atoms with Crippen molar-refractivity contribution >= 4 is 49.2 Å². The lowest BCUT2D eigenvalue weighted by molar-refractivity contribution is 0.962. The maximum atomic E-state index is 4.27. The zero-order valence-corrected chi connectivity index (χ0v) is 14.5. The lowest BCUT2D eigenvalue weighted by atomic mass is 10.2. The summed E-state index contributed by atoms with van der Waals surface area (Å²) in [5.41, 5.74) is 2.17. The maximum Gasteiger partial charge on any atom is 0.150 e. The van der Waals surface area contributed by atoms with Crippen molar-refractivity contribution in [2.75, 3.05) is 17.2 Å².